The number of hydrogen-bond donors (Lipinski definition) is 2. The number of benzene rings is 2. The van der Waals surface area contributed by atoms with E-state index in [0.29, 0.717) is 11.3 Å². The highest BCUT2D eigenvalue weighted by atomic mass is 16.1. The topological polar surface area (TPSA) is 77.8 Å². The van der Waals surface area contributed by atoms with Crippen LogP contribution >= 0.6 is 0 Å². The summed E-state index contributed by atoms with van der Waals surface area (Å²) >= 11 is 0. The van der Waals surface area contributed by atoms with Crippen molar-refractivity contribution in [3.63, 3.8) is 0 Å². The summed E-state index contributed by atoms with van der Waals surface area (Å²) in [5.74, 6) is -0.365. The molecule has 0 atom stereocenters. The molecule has 1 heterocycles. The standard InChI is InChI=1S/C20H16N4O/c1-14-6-2-4-8-17(14)23-16-10-11-22-19(12-16)20(25)24-18-9-5-3-7-15(18)13-21/h2-12H,1H3,(H,22,23)(H,24,25). The minimum Gasteiger partial charge on any atom is -0.355 e. The van der Waals surface area contributed by atoms with Gasteiger partial charge in [-0.15, -0.1) is 0 Å². The number of carbonyl (C=O) groups excluding carboxylic acids is 1. The van der Waals surface area contributed by atoms with Crippen LogP contribution in [0.15, 0.2) is 66.9 Å². The normalized spacial score (nSPS) is 9.92. The van der Waals surface area contributed by atoms with Crippen LogP contribution in [0.2, 0.25) is 0 Å². The minimum absolute atomic E-state index is 0.270. The molecule has 0 fully saturated rings. The fourth-order valence-corrected chi connectivity index (χ4v) is 2.38. The fraction of sp³-hybridized carbons (Fsp3) is 0.0500. The lowest BCUT2D eigenvalue weighted by Gasteiger charge is -2.11. The summed E-state index contributed by atoms with van der Waals surface area (Å²) in [4.78, 5) is 16.6. The van der Waals surface area contributed by atoms with E-state index >= 15 is 0 Å². The predicted octanol–water partition coefficient (Wildman–Crippen LogP) is 4.26. The highest BCUT2D eigenvalue weighted by Gasteiger charge is 2.11. The molecule has 0 unspecified atom stereocenters. The first-order chi connectivity index (χ1) is 12.2. The van der Waals surface area contributed by atoms with Gasteiger partial charge < -0.3 is 10.6 Å². The van der Waals surface area contributed by atoms with Gasteiger partial charge in [0.15, 0.2) is 0 Å². The van der Waals surface area contributed by atoms with Gasteiger partial charge in [0.2, 0.25) is 0 Å². The van der Waals surface area contributed by atoms with E-state index in [-0.39, 0.29) is 11.6 Å². The number of nitriles is 1. The van der Waals surface area contributed by atoms with Gasteiger partial charge in [-0.2, -0.15) is 5.26 Å². The number of rotatable bonds is 4. The first-order valence-corrected chi connectivity index (χ1v) is 7.76. The maximum atomic E-state index is 12.4. The molecule has 0 spiro atoms. The van der Waals surface area contributed by atoms with Crippen molar-refractivity contribution in [3.8, 4) is 6.07 Å². The van der Waals surface area contributed by atoms with Gasteiger partial charge in [0.25, 0.3) is 5.91 Å². The molecule has 0 aliphatic heterocycles. The molecule has 0 saturated heterocycles. The van der Waals surface area contributed by atoms with E-state index in [2.05, 4.69) is 21.7 Å². The van der Waals surface area contributed by atoms with E-state index in [4.69, 9.17) is 5.26 Å². The Kier molecular flexibility index (Phi) is 4.72. The van der Waals surface area contributed by atoms with Gasteiger partial charge in [0, 0.05) is 17.6 Å². The number of carbonyl (C=O) groups is 1. The lowest BCUT2D eigenvalue weighted by atomic mass is 10.2. The van der Waals surface area contributed by atoms with Crippen LogP contribution in [0.25, 0.3) is 0 Å². The number of aryl methyl sites for hydroxylation is 1. The van der Waals surface area contributed by atoms with Crippen LogP contribution in [-0.4, -0.2) is 10.9 Å². The van der Waals surface area contributed by atoms with Gasteiger partial charge in [0.05, 0.1) is 11.3 Å². The van der Waals surface area contributed by atoms with Gasteiger partial charge in [-0.25, -0.2) is 0 Å². The minimum atomic E-state index is -0.365. The molecule has 5 nitrogen and oxygen atoms in total. The zero-order chi connectivity index (χ0) is 17.6. The molecule has 2 aromatic carbocycles. The summed E-state index contributed by atoms with van der Waals surface area (Å²) in [6.45, 7) is 2.01. The van der Waals surface area contributed by atoms with Crippen molar-refractivity contribution in [2.45, 2.75) is 6.92 Å². The van der Waals surface area contributed by atoms with Crippen LogP contribution < -0.4 is 10.6 Å². The Morgan fingerprint density at radius 2 is 1.76 bits per heavy atom. The van der Waals surface area contributed by atoms with Gasteiger partial charge in [-0.1, -0.05) is 30.3 Å². The van der Waals surface area contributed by atoms with Crippen molar-refractivity contribution in [1.82, 2.24) is 4.98 Å². The second-order valence-corrected chi connectivity index (χ2v) is 5.48. The fourth-order valence-electron chi connectivity index (χ4n) is 2.38. The predicted molar refractivity (Wildman–Crippen MR) is 97.8 cm³/mol. The lowest BCUT2D eigenvalue weighted by molar-refractivity contribution is 0.102. The monoisotopic (exact) mass is 328 g/mol. The molecule has 0 bridgehead atoms. The molecule has 0 aliphatic carbocycles. The molecule has 2 N–H and O–H groups in total. The Hall–Kier alpha value is -3.65. The van der Waals surface area contributed by atoms with Crippen molar-refractivity contribution in [2.24, 2.45) is 0 Å². The number of hydrogen-bond acceptors (Lipinski definition) is 4. The molecular weight excluding hydrogens is 312 g/mol. The first kappa shape index (κ1) is 16.2. The van der Waals surface area contributed by atoms with E-state index in [0.717, 1.165) is 16.9 Å². The van der Waals surface area contributed by atoms with Crippen LogP contribution in [-0.2, 0) is 0 Å². The smallest absolute Gasteiger partial charge is 0.274 e. The summed E-state index contributed by atoms with van der Waals surface area (Å²) < 4.78 is 0. The van der Waals surface area contributed by atoms with Crippen LogP contribution in [0.4, 0.5) is 17.1 Å². The van der Waals surface area contributed by atoms with Crippen molar-refractivity contribution < 1.29 is 4.79 Å². The average molecular weight is 328 g/mol. The summed E-state index contributed by atoms with van der Waals surface area (Å²) in [7, 11) is 0. The maximum absolute atomic E-state index is 12.4. The first-order valence-electron chi connectivity index (χ1n) is 7.76. The van der Waals surface area contributed by atoms with Gasteiger partial charge in [-0.05, 0) is 42.8 Å². The van der Waals surface area contributed by atoms with Crippen LogP contribution in [0.1, 0.15) is 21.6 Å². The summed E-state index contributed by atoms with van der Waals surface area (Å²) in [6.07, 6.45) is 1.58. The Labute approximate surface area is 146 Å². The molecule has 1 amide bonds. The Morgan fingerprint density at radius 1 is 1.04 bits per heavy atom. The van der Waals surface area contributed by atoms with Crippen molar-refractivity contribution >= 4 is 23.0 Å². The highest BCUT2D eigenvalue weighted by molar-refractivity contribution is 6.04. The number of amides is 1. The number of nitrogens with zero attached hydrogens (tertiary/aromatic N) is 2. The molecule has 1 aromatic heterocycles. The molecule has 5 heteroatoms. The third-order valence-electron chi connectivity index (χ3n) is 3.71. The Balaban J connectivity index is 1.80. The van der Waals surface area contributed by atoms with E-state index in [1.165, 1.54) is 0 Å². The summed E-state index contributed by atoms with van der Waals surface area (Å²) in [5, 5.41) is 15.1. The molecule has 25 heavy (non-hydrogen) atoms. The van der Waals surface area contributed by atoms with Gasteiger partial charge in [0.1, 0.15) is 11.8 Å². The van der Waals surface area contributed by atoms with Gasteiger partial charge >= 0.3 is 0 Å². The number of para-hydroxylation sites is 2. The zero-order valence-electron chi connectivity index (χ0n) is 13.7. The van der Waals surface area contributed by atoms with Crippen LogP contribution in [0.3, 0.4) is 0 Å². The third-order valence-corrected chi connectivity index (χ3v) is 3.71. The molecular formula is C20H16N4O. The average Bonchev–Trinajstić information content (AvgIpc) is 2.64. The number of nitrogens with one attached hydrogen (secondary N) is 2. The van der Waals surface area contributed by atoms with Crippen molar-refractivity contribution in [2.75, 3.05) is 10.6 Å². The number of aromatic nitrogens is 1. The van der Waals surface area contributed by atoms with Gasteiger partial charge in [-0.3, -0.25) is 9.78 Å². The van der Waals surface area contributed by atoms with Crippen molar-refractivity contribution in [1.29, 1.82) is 5.26 Å². The number of anilines is 3. The summed E-state index contributed by atoms with van der Waals surface area (Å²) in [5.41, 5.74) is 3.98. The van der Waals surface area contributed by atoms with E-state index in [1.54, 1.807) is 42.6 Å². The molecule has 0 saturated carbocycles. The summed E-state index contributed by atoms with van der Waals surface area (Å²) in [6, 6.07) is 20.3. The molecule has 0 radical (unpaired) electrons. The highest BCUT2D eigenvalue weighted by Crippen LogP contribution is 2.21. The third kappa shape index (κ3) is 3.82. The maximum Gasteiger partial charge on any atom is 0.274 e. The second-order valence-electron chi connectivity index (χ2n) is 5.48. The Morgan fingerprint density at radius 3 is 2.52 bits per heavy atom. The molecule has 3 aromatic rings. The zero-order valence-corrected chi connectivity index (χ0v) is 13.7. The molecule has 3 rings (SSSR count). The quantitative estimate of drug-likeness (QED) is 0.750. The Bertz CT molecular complexity index is 960. The number of pyridine rings is 1. The largest absolute Gasteiger partial charge is 0.355 e. The molecule has 0 aliphatic rings. The van der Waals surface area contributed by atoms with Crippen molar-refractivity contribution in [3.05, 3.63) is 83.7 Å². The molecule has 122 valence electrons. The van der Waals surface area contributed by atoms with Crippen LogP contribution in [0, 0.1) is 18.3 Å². The SMILES string of the molecule is Cc1ccccc1Nc1ccnc(C(=O)Nc2ccccc2C#N)c1. The van der Waals surface area contributed by atoms with E-state index in [9.17, 15) is 4.79 Å². The second kappa shape index (κ2) is 7.28. The van der Waals surface area contributed by atoms with E-state index in [1.807, 2.05) is 31.2 Å². The van der Waals surface area contributed by atoms with Crippen LogP contribution in [0.5, 0.6) is 0 Å². The van der Waals surface area contributed by atoms with E-state index < -0.39 is 0 Å². The lowest BCUT2D eigenvalue weighted by Crippen LogP contribution is -2.14.